The summed E-state index contributed by atoms with van der Waals surface area (Å²) in [6.45, 7) is 13.6. The van der Waals surface area contributed by atoms with E-state index in [0.717, 1.165) is 0 Å². The topological polar surface area (TPSA) is 55.4 Å². The standard InChI is InChI=1S/C17H26O6/c1-4-7-18-12-13-14(19-8-5-2)15(20-9-6-3)16-17(23-13)22-11-10-21-16/h4-6,13-17H,1-3,7-12H2/t13-,14-,15+,16-,17+/m1/s1. The molecular formula is C17H26O6. The molecule has 6 nitrogen and oxygen atoms in total. The monoisotopic (exact) mass is 326 g/mol. The maximum Gasteiger partial charge on any atom is 0.187 e. The smallest absolute Gasteiger partial charge is 0.187 e. The summed E-state index contributed by atoms with van der Waals surface area (Å²) in [4.78, 5) is 0. The number of rotatable bonds is 10. The zero-order chi connectivity index (χ0) is 16.5. The second-order valence-corrected chi connectivity index (χ2v) is 5.25. The Morgan fingerprint density at radius 2 is 1.52 bits per heavy atom. The Kier molecular flexibility index (Phi) is 7.94. The third-order valence-corrected chi connectivity index (χ3v) is 3.60. The van der Waals surface area contributed by atoms with Crippen LogP contribution in [0.5, 0.6) is 0 Å². The van der Waals surface area contributed by atoms with Crippen LogP contribution in [0.4, 0.5) is 0 Å². The van der Waals surface area contributed by atoms with Gasteiger partial charge in [-0.2, -0.15) is 0 Å². The molecule has 2 aliphatic heterocycles. The van der Waals surface area contributed by atoms with Crippen LogP contribution in [0.15, 0.2) is 38.0 Å². The molecule has 0 saturated carbocycles. The molecule has 2 aliphatic rings. The maximum atomic E-state index is 5.99. The van der Waals surface area contributed by atoms with Crippen molar-refractivity contribution in [1.29, 1.82) is 0 Å². The summed E-state index contributed by atoms with van der Waals surface area (Å²) < 4.78 is 34.8. The number of hydrogen-bond donors (Lipinski definition) is 0. The van der Waals surface area contributed by atoms with Crippen LogP contribution in [0.3, 0.4) is 0 Å². The first kappa shape index (κ1) is 18.3. The van der Waals surface area contributed by atoms with Gasteiger partial charge in [0, 0.05) is 0 Å². The highest BCUT2D eigenvalue weighted by Crippen LogP contribution is 2.30. The fourth-order valence-corrected chi connectivity index (χ4v) is 2.69. The van der Waals surface area contributed by atoms with Gasteiger partial charge in [-0.05, 0) is 0 Å². The summed E-state index contributed by atoms with van der Waals surface area (Å²) in [7, 11) is 0. The van der Waals surface area contributed by atoms with E-state index in [1.165, 1.54) is 0 Å². The molecule has 2 heterocycles. The van der Waals surface area contributed by atoms with Gasteiger partial charge in [0.2, 0.25) is 0 Å². The molecule has 0 aromatic carbocycles. The predicted octanol–water partition coefficient (Wildman–Crippen LogP) is 1.47. The zero-order valence-electron chi connectivity index (χ0n) is 13.4. The molecule has 0 spiro atoms. The van der Waals surface area contributed by atoms with Gasteiger partial charge in [0.05, 0.1) is 39.6 Å². The quantitative estimate of drug-likeness (QED) is 0.448. The van der Waals surface area contributed by atoms with E-state index in [1.807, 2.05) is 0 Å². The SMILES string of the molecule is C=CCOC[C@H]1O[C@@H]2OCCO[C@@H]2[C@@H](OCC=C)[C@@H]1OCC=C. The normalized spacial score (nSPS) is 33.7. The highest BCUT2D eigenvalue weighted by atomic mass is 16.7. The summed E-state index contributed by atoms with van der Waals surface area (Å²) in [5, 5.41) is 0. The average molecular weight is 326 g/mol. The van der Waals surface area contributed by atoms with Crippen LogP contribution >= 0.6 is 0 Å². The molecule has 130 valence electrons. The molecule has 5 atom stereocenters. The molecule has 2 saturated heterocycles. The Hall–Kier alpha value is -1.02. The Balaban J connectivity index is 2.11. The minimum Gasteiger partial charge on any atom is -0.375 e. The molecule has 0 amide bonds. The predicted molar refractivity (Wildman–Crippen MR) is 85.2 cm³/mol. The van der Waals surface area contributed by atoms with Crippen molar-refractivity contribution in [3.05, 3.63) is 38.0 Å². The number of fused-ring (bicyclic) bond motifs is 1. The second-order valence-electron chi connectivity index (χ2n) is 5.25. The van der Waals surface area contributed by atoms with E-state index >= 15 is 0 Å². The van der Waals surface area contributed by atoms with Crippen LogP contribution in [0, 0.1) is 0 Å². The Labute approximate surface area is 137 Å². The van der Waals surface area contributed by atoms with Gasteiger partial charge < -0.3 is 28.4 Å². The lowest BCUT2D eigenvalue weighted by atomic mass is 9.98. The fourth-order valence-electron chi connectivity index (χ4n) is 2.69. The molecule has 6 heteroatoms. The van der Waals surface area contributed by atoms with Crippen molar-refractivity contribution in [3.8, 4) is 0 Å². The summed E-state index contributed by atoms with van der Waals surface area (Å²) in [5.74, 6) is 0. The fraction of sp³-hybridized carbons (Fsp3) is 0.647. The third-order valence-electron chi connectivity index (χ3n) is 3.60. The minimum atomic E-state index is -0.487. The highest BCUT2D eigenvalue weighted by molar-refractivity contribution is 4.95. The van der Waals surface area contributed by atoms with Crippen molar-refractivity contribution in [3.63, 3.8) is 0 Å². The van der Waals surface area contributed by atoms with Gasteiger partial charge in [-0.15, -0.1) is 19.7 Å². The van der Waals surface area contributed by atoms with E-state index in [0.29, 0.717) is 39.6 Å². The van der Waals surface area contributed by atoms with Crippen LogP contribution < -0.4 is 0 Å². The van der Waals surface area contributed by atoms with Crippen LogP contribution in [-0.2, 0) is 28.4 Å². The first-order chi connectivity index (χ1) is 11.3. The van der Waals surface area contributed by atoms with E-state index in [4.69, 9.17) is 28.4 Å². The molecule has 0 aliphatic carbocycles. The molecule has 0 unspecified atom stereocenters. The Morgan fingerprint density at radius 3 is 2.22 bits per heavy atom. The van der Waals surface area contributed by atoms with Gasteiger partial charge in [0.1, 0.15) is 24.4 Å². The molecule has 0 aromatic heterocycles. The summed E-state index contributed by atoms with van der Waals surface area (Å²) >= 11 is 0. The molecule has 0 radical (unpaired) electrons. The van der Waals surface area contributed by atoms with Crippen molar-refractivity contribution < 1.29 is 28.4 Å². The third kappa shape index (κ3) is 4.97. The van der Waals surface area contributed by atoms with E-state index in [1.54, 1.807) is 18.2 Å². The van der Waals surface area contributed by atoms with Crippen molar-refractivity contribution in [2.24, 2.45) is 0 Å². The lowest BCUT2D eigenvalue weighted by Gasteiger charge is -2.47. The van der Waals surface area contributed by atoms with Crippen LogP contribution in [-0.4, -0.2) is 70.3 Å². The highest BCUT2D eigenvalue weighted by Gasteiger charge is 2.49. The van der Waals surface area contributed by atoms with Crippen molar-refractivity contribution in [1.82, 2.24) is 0 Å². The first-order valence-corrected chi connectivity index (χ1v) is 7.84. The van der Waals surface area contributed by atoms with Gasteiger partial charge in [0.25, 0.3) is 0 Å². The van der Waals surface area contributed by atoms with Gasteiger partial charge >= 0.3 is 0 Å². The molecule has 0 bridgehead atoms. The maximum absolute atomic E-state index is 5.99. The van der Waals surface area contributed by atoms with E-state index in [9.17, 15) is 0 Å². The molecule has 2 fully saturated rings. The summed E-state index contributed by atoms with van der Waals surface area (Å²) in [5.41, 5.74) is 0. The minimum absolute atomic E-state index is 0.326. The Morgan fingerprint density at radius 1 is 0.870 bits per heavy atom. The van der Waals surface area contributed by atoms with Gasteiger partial charge in [-0.3, -0.25) is 0 Å². The van der Waals surface area contributed by atoms with E-state index in [-0.39, 0.29) is 24.4 Å². The summed E-state index contributed by atoms with van der Waals surface area (Å²) in [6, 6.07) is 0. The van der Waals surface area contributed by atoms with Gasteiger partial charge in [-0.25, -0.2) is 0 Å². The van der Waals surface area contributed by atoms with Crippen molar-refractivity contribution in [2.75, 3.05) is 39.6 Å². The molecular weight excluding hydrogens is 300 g/mol. The van der Waals surface area contributed by atoms with E-state index in [2.05, 4.69) is 19.7 Å². The van der Waals surface area contributed by atoms with Crippen molar-refractivity contribution in [2.45, 2.75) is 30.7 Å². The van der Waals surface area contributed by atoms with Crippen LogP contribution in [0.1, 0.15) is 0 Å². The molecule has 23 heavy (non-hydrogen) atoms. The van der Waals surface area contributed by atoms with Crippen LogP contribution in [0.25, 0.3) is 0 Å². The van der Waals surface area contributed by atoms with Gasteiger partial charge in [-0.1, -0.05) is 18.2 Å². The number of hydrogen-bond acceptors (Lipinski definition) is 6. The molecule has 0 aromatic rings. The first-order valence-electron chi connectivity index (χ1n) is 7.84. The molecule has 2 rings (SSSR count). The number of ether oxygens (including phenoxy) is 6. The van der Waals surface area contributed by atoms with E-state index < -0.39 is 6.29 Å². The average Bonchev–Trinajstić information content (AvgIpc) is 2.58. The lowest BCUT2D eigenvalue weighted by molar-refractivity contribution is -0.343. The Bertz CT molecular complexity index is 385. The second kappa shape index (κ2) is 9.97. The lowest BCUT2D eigenvalue weighted by Crippen LogP contribution is -2.63. The molecule has 0 N–H and O–H groups in total. The summed E-state index contributed by atoms with van der Waals surface area (Å²) in [6.07, 6.45) is 3.25. The zero-order valence-corrected chi connectivity index (χ0v) is 13.4. The van der Waals surface area contributed by atoms with Crippen molar-refractivity contribution >= 4 is 0 Å². The van der Waals surface area contributed by atoms with Crippen LogP contribution in [0.2, 0.25) is 0 Å². The largest absolute Gasteiger partial charge is 0.375 e. The van der Waals surface area contributed by atoms with Gasteiger partial charge in [0.15, 0.2) is 6.29 Å².